The Labute approximate surface area is 124 Å². The Morgan fingerprint density at radius 3 is 2.81 bits per heavy atom. The number of carbonyl (C=O) groups excluding carboxylic acids is 1. The lowest BCUT2D eigenvalue weighted by molar-refractivity contribution is 0.102. The molecule has 1 amide bonds. The van der Waals surface area contributed by atoms with Crippen LogP contribution in [0, 0.1) is 25.7 Å². The summed E-state index contributed by atoms with van der Waals surface area (Å²) in [7, 11) is 0. The largest absolute Gasteiger partial charge is 0.320 e. The number of nitrogens with zero attached hydrogens (tertiary/aromatic N) is 1. The maximum Gasteiger partial charge on any atom is 0.257 e. The maximum atomic E-state index is 12.3. The van der Waals surface area contributed by atoms with E-state index in [9.17, 15) is 4.79 Å². The van der Waals surface area contributed by atoms with Crippen molar-refractivity contribution >= 4 is 11.7 Å². The zero-order valence-electron chi connectivity index (χ0n) is 12.1. The second kappa shape index (κ2) is 6.69. The molecule has 0 saturated carbocycles. The van der Waals surface area contributed by atoms with Gasteiger partial charge in [0.1, 0.15) is 5.82 Å². The average molecular weight is 279 g/mol. The van der Waals surface area contributed by atoms with Gasteiger partial charge in [0.25, 0.3) is 5.91 Å². The highest BCUT2D eigenvalue weighted by Gasteiger charge is 2.10. The first-order chi connectivity index (χ1) is 10.1. The number of amides is 1. The van der Waals surface area contributed by atoms with Crippen LogP contribution in [0.25, 0.3) is 0 Å². The number of aryl methyl sites for hydroxylation is 2. The fourth-order valence-corrected chi connectivity index (χ4v) is 1.89. The first-order valence-corrected chi connectivity index (χ1v) is 6.65. The molecule has 0 atom stereocenters. The third-order valence-corrected chi connectivity index (χ3v) is 2.95. The number of benzene rings is 1. The minimum absolute atomic E-state index is 0.193. The van der Waals surface area contributed by atoms with Gasteiger partial charge in [0.2, 0.25) is 0 Å². The zero-order valence-corrected chi connectivity index (χ0v) is 12.1. The molecule has 0 radical (unpaired) electrons. The number of hydrogen-bond acceptors (Lipinski definition) is 3. The van der Waals surface area contributed by atoms with Crippen LogP contribution in [0.3, 0.4) is 0 Å². The van der Waals surface area contributed by atoms with Crippen LogP contribution in [0.4, 0.5) is 5.82 Å². The minimum atomic E-state index is -0.193. The maximum absolute atomic E-state index is 12.3. The van der Waals surface area contributed by atoms with E-state index in [-0.39, 0.29) is 5.91 Å². The molecule has 1 heterocycles. The highest BCUT2D eigenvalue weighted by atomic mass is 16.1. The highest BCUT2D eigenvalue weighted by molar-refractivity contribution is 6.05. The number of rotatable bonds is 2. The first-order valence-electron chi connectivity index (χ1n) is 6.65. The Kier molecular flexibility index (Phi) is 4.70. The van der Waals surface area contributed by atoms with E-state index in [2.05, 4.69) is 22.1 Å². The molecule has 1 aromatic carbocycles. The lowest BCUT2D eigenvalue weighted by Gasteiger charge is -2.08. The summed E-state index contributed by atoms with van der Waals surface area (Å²) in [5.74, 6) is 6.06. The summed E-state index contributed by atoms with van der Waals surface area (Å²) in [5.41, 5.74) is 8.46. The van der Waals surface area contributed by atoms with Crippen molar-refractivity contribution in [2.24, 2.45) is 5.73 Å². The Morgan fingerprint density at radius 2 is 2.10 bits per heavy atom. The Balaban J connectivity index is 2.26. The Bertz CT molecular complexity index is 726. The molecule has 0 unspecified atom stereocenters. The molecule has 0 saturated heterocycles. The van der Waals surface area contributed by atoms with Gasteiger partial charge in [-0.15, -0.1) is 0 Å². The van der Waals surface area contributed by atoms with Gasteiger partial charge in [0, 0.05) is 16.8 Å². The van der Waals surface area contributed by atoms with E-state index in [0.717, 1.165) is 16.8 Å². The summed E-state index contributed by atoms with van der Waals surface area (Å²) in [6.45, 7) is 4.06. The molecular formula is C17H17N3O. The van der Waals surface area contributed by atoms with Crippen LogP contribution in [0.5, 0.6) is 0 Å². The molecule has 0 aliphatic rings. The molecule has 4 heteroatoms. The summed E-state index contributed by atoms with van der Waals surface area (Å²) in [6, 6.07) is 11.0. The number of hydrogen-bond donors (Lipinski definition) is 2. The van der Waals surface area contributed by atoms with Crippen molar-refractivity contribution in [1.82, 2.24) is 4.98 Å². The van der Waals surface area contributed by atoms with Crippen LogP contribution >= 0.6 is 0 Å². The van der Waals surface area contributed by atoms with Gasteiger partial charge in [0.15, 0.2) is 0 Å². The van der Waals surface area contributed by atoms with Crippen molar-refractivity contribution in [2.45, 2.75) is 13.8 Å². The molecule has 1 aromatic heterocycles. The smallest absolute Gasteiger partial charge is 0.257 e. The van der Waals surface area contributed by atoms with Gasteiger partial charge in [0.05, 0.1) is 6.54 Å². The highest BCUT2D eigenvalue weighted by Crippen LogP contribution is 2.13. The molecule has 0 aliphatic heterocycles. The monoisotopic (exact) mass is 279 g/mol. The predicted molar refractivity (Wildman–Crippen MR) is 84.0 cm³/mol. The van der Waals surface area contributed by atoms with Crippen LogP contribution < -0.4 is 11.1 Å². The van der Waals surface area contributed by atoms with Crippen LogP contribution in [0.1, 0.15) is 27.2 Å². The third kappa shape index (κ3) is 3.91. The average Bonchev–Trinajstić information content (AvgIpc) is 2.46. The Hall–Kier alpha value is -2.64. The first kappa shape index (κ1) is 14.8. The zero-order chi connectivity index (χ0) is 15.2. The van der Waals surface area contributed by atoms with Crippen molar-refractivity contribution in [3.63, 3.8) is 0 Å². The van der Waals surface area contributed by atoms with Crippen LogP contribution in [-0.2, 0) is 0 Å². The molecule has 0 fully saturated rings. The van der Waals surface area contributed by atoms with Gasteiger partial charge in [-0.2, -0.15) is 0 Å². The molecule has 2 rings (SSSR count). The predicted octanol–water partition coefficient (Wildman–Crippen LogP) is 2.26. The summed E-state index contributed by atoms with van der Waals surface area (Å²) < 4.78 is 0. The van der Waals surface area contributed by atoms with Gasteiger partial charge in [-0.25, -0.2) is 4.98 Å². The number of nitrogens with two attached hydrogens (primary N) is 1. The molecule has 2 aromatic rings. The molecule has 0 aliphatic carbocycles. The molecular weight excluding hydrogens is 262 g/mol. The molecule has 21 heavy (non-hydrogen) atoms. The van der Waals surface area contributed by atoms with Crippen molar-refractivity contribution in [2.75, 3.05) is 11.9 Å². The number of anilines is 1. The second-order valence-corrected chi connectivity index (χ2v) is 4.65. The second-order valence-electron chi connectivity index (χ2n) is 4.65. The lowest BCUT2D eigenvalue weighted by Crippen LogP contribution is -2.14. The molecule has 0 spiro atoms. The minimum Gasteiger partial charge on any atom is -0.320 e. The van der Waals surface area contributed by atoms with E-state index in [0.29, 0.717) is 17.9 Å². The SMILES string of the molecule is Cc1cccc(NC(=O)c2cc(C#CCN)ccc2C)n1. The van der Waals surface area contributed by atoms with Crippen LogP contribution in [-0.4, -0.2) is 17.4 Å². The Morgan fingerprint density at radius 1 is 1.29 bits per heavy atom. The van der Waals surface area contributed by atoms with Crippen LogP contribution in [0.15, 0.2) is 36.4 Å². The molecule has 106 valence electrons. The van der Waals surface area contributed by atoms with Gasteiger partial charge in [-0.3, -0.25) is 4.79 Å². The van der Waals surface area contributed by atoms with Crippen LogP contribution in [0.2, 0.25) is 0 Å². The van der Waals surface area contributed by atoms with Crippen molar-refractivity contribution < 1.29 is 4.79 Å². The fourth-order valence-electron chi connectivity index (χ4n) is 1.89. The fraction of sp³-hybridized carbons (Fsp3) is 0.176. The molecule has 0 bridgehead atoms. The van der Waals surface area contributed by atoms with Crippen molar-refractivity contribution in [1.29, 1.82) is 0 Å². The van der Waals surface area contributed by atoms with E-state index in [4.69, 9.17) is 5.73 Å². The van der Waals surface area contributed by atoms with Gasteiger partial charge in [-0.05, 0) is 43.7 Å². The normalized spacial score (nSPS) is 9.67. The van der Waals surface area contributed by atoms with E-state index in [1.54, 1.807) is 12.1 Å². The molecule has 3 N–H and O–H groups in total. The van der Waals surface area contributed by atoms with Gasteiger partial charge in [-0.1, -0.05) is 24.0 Å². The van der Waals surface area contributed by atoms with Gasteiger partial charge >= 0.3 is 0 Å². The lowest BCUT2D eigenvalue weighted by atomic mass is 10.0. The standard InChI is InChI=1S/C17H17N3O/c1-12-8-9-14(6-4-10-18)11-15(12)17(21)20-16-7-3-5-13(2)19-16/h3,5,7-9,11H,10,18H2,1-2H3,(H,19,20,21). The summed E-state index contributed by atoms with van der Waals surface area (Å²) in [5, 5.41) is 2.80. The van der Waals surface area contributed by atoms with E-state index in [1.165, 1.54) is 0 Å². The van der Waals surface area contributed by atoms with E-state index < -0.39 is 0 Å². The van der Waals surface area contributed by atoms with Crippen molar-refractivity contribution in [3.05, 3.63) is 58.8 Å². The summed E-state index contributed by atoms with van der Waals surface area (Å²) in [4.78, 5) is 16.6. The number of nitrogens with one attached hydrogen (secondary N) is 1. The van der Waals surface area contributed by atoms with Crippen molar-refractivity contribution in [3.8, 4) is 11.8 Å². The topological polar surface area (TPSA) is 68.0 Å². The quantitative estimate of drug-likeness (QED) is 0.829. The number of aromatic nitrogens is 1. The summed E-state index contributed by atoms with van der Waals surface area (Å²) >= 11 is 0. The van der Waals surface area contributed by atoms with Gasteiger partial charge < -0.3 is 11.1 Å². The van der Waals surface area contributed by atoms with E-state index in [1.807, 2.05) is 38.1 Å². The number of pyridine rings is 1. The molecule has 4 nitrogen and oxygen atoms in total. The summed E-state index contributed by atoms with van der Waals surface area (Å²) in [6.07, 6.45) is 0. The van der Waals surface area contributed by atoms with E-state index >= 15 is 0 Å². The third-order valence-electron chi connectivity index (χ3n) is 2.95. The number of carbonyl (C=O) groups is 1.